The highest BCUT2D eigenvalue weighted by Crippen LogP contribution is 2.35. The van der Waals surface area contributed by atoms with E-state index < -0.39 is 0 Å². The Bertz CT molecular complexity index is 1140. The largest absolute Gasteiger partial charge is 0.465 e. The fourth-order valence-electron chi connectivity index (χ4n) is 3.56. The molecule has 4 aromatic rings. The number of rotatable bonds is 2. The van der Waals surface area contributed by atoms with Crippen molar-refractivity contribution in [2.45, 2.75) is 26.2 Å². The fourth-order valence-corrected chi connectivity index (χ4v) is 3.56. The van der Waals surface area contributed by atoms with Gasteiger partial charge in [0.15, 0.2) is 0 Å². The summed E-state index contributed by atoms with van der Waals surface area (Å²) in [5, 5.41) is 2.13. The zero-order chi connectivity index (χ0) is 19.2. The van der Waals surface area contributed by atoms with E-state index in [-0.39, 0.29) is 11.4 Å². The van der Waals surface area contributed by atoms with Gasteiger partial charge in [-0.2, -0.15) is 0 Å². The maximum Gasteiger partial charge on any atom is 0.337 e. The summed E-state index contributed by atoms with van der Waals surface area (Å²) in [6.07, 6.45) is 0. The molecule has 0 fully saturated rings. The third-order valence-electron chi connectivity index (χ3n) is 5.10. The van der Waals surface area contributed by atoms with Crippen LogP contribution in [0.3, 0.4) is 0 Å². The lowest BCUT2D eigenvalue weighted by atomic mass is 9.86. The zero-order valence-corrected chi connectivity index (χ0v) is 16.1. The molecular formula is C24H23NO2. The molecule has 0 radical (unpaired) electrons. The number of hydrogen-bond acceptors (Lipinski definition) is 2. The van der Waals surface area contributed by atoms with Crippen LogP contribution in [0.5, 0.6) is 0 Å². The molecule has 0 spiro atoms. The van der Waals surface area contributed by atoms with Crippen molar-refractivity contribution in [1.82, 2.24) is 4.98 Å². The summed E-state index contributed by atoms with van der Waals surface area (Å²) < 4.78 is 4.98. The summed E-state index contributed by atoms with van der Waals surface area (Å²) >= 11 is 0. The van der Waals surface area contributed by atoms with Crippen molar-refractivity contribution in [3.63, 3.8) is 0 Å². The van der Waals surface area contributed by atoms with Crippen molar-refractivity contribution in [3.8, 4) is 11.1 Å². The van der Waals surface area contributed by atoms with Crippen LogP contribution in [0.15, 0.2) is 60.7 Å². The molecule has 27 heavy (non-hydrogen) atoms. The molecule has 0 aliphatic carbocycles. The molecule has 3 aromatic carbocycles. The van der Waals surface area contributed by atoms with E-state index in [0.29, 0.717) is 5.56 Å². The first-order valence-electron chi connectivity index (χ1n) is 9.12. The second-order valence-corrected chi connectivity index (χ2v) is 7.94. The van der Waals surface area contributed by atoms with Crippen molar-refractivity contribution in [1.29, 1.82) is 0 Å². The number of fused-ring (bicyclic) bond motifs is 3. The molecule has 0 amide bonds. The molecule has 3 heteroatoms. The average Bonchev–Trinajstić information content (AvgIpc) is 3.04. The van der Waals surface area contributed by atoms with Crippen LogP contribution < -0.4 is 0 Å². The summed E-state index contributed by atoms with van der Waals surface area (Å²) in [5.74, 6) is -0.324. The van der Waals surface area contributed by atoms with Gasteiger partial charge in [0.2, 0.25) is 0 Å². The maximum absolute atomic E-state index is 12.3. The van der Waals surface area contributed by atoms with E-state index in [4.69, 9.17) is 4.74 Å². The van der Waals surface area contributed by atoms with Crippen LogP contribution in [-0.2, 0) is 10.2 Å². The Labute approximate surface area is 159 Å². The van der Waals surface area contributed by atoms with Gasteiger partial charge in [-0.25, -0.2) is 4.79 Å². The number of aromatic amines is 1. The average molecular weight is 357 g/mol. The first kappa shape index (κ1) is 17.3. The molecule has 0 bridgehead atoms. The van der Waals surface area contributed by atoms with Crippen LogP contribution in [0.2, 0.25) is 0 Å². The molecule has 0 unspecified atom stereocenters. The van der Waals surface area contributed by atoms with Gasteiger partial charge in [0.05, 0.1) is 18.2 Å². The standard InChI is InChI=1S/C24H23NO2/c1-24(2,3)17-11-9-15(10-12-17)19-13-16(23(26)27-4)14-20-18-7-5-6-8-21(18)25-22(19)20/h5-14,25H,1-4H3. The van der Waals surface area contributed by atoms with Gasteiger partial charge < -0.3 is 9.72 Å². The molecule has 136 valence electrons. The molecule has 4 rings (SSSR count). The van der Waals surface area contributed by atoms with Crippen molar-refractivity contribution in [2.75, 3.05) is 7.11 Å². The van der Waals surface area contributed by atoms with Gasteiger partial charge in [0.1, 0.15) is 0 Å². The third-order valence-corrected chi connectivity index (χ3v) is 5.10. The van der Waals surface area contributed by atoms with Gasteiger partial charge >= 0.3 is 5.97 Å². The van der Waals surface area contributed by atoms with Gasteiger partial charge in [-0.1, -0.05) is 63.2 Å². The molecule has 3 nitrogen and oxygen atoms in total. The Morgan fingerprint density at radius 3 is 2.30 bits per heavy atom. The Morgan fingerprint density at radius 1 is 0.926 bits per heavy atom. The molecule has 0 saturated carbocycles. The molecule has 1 aromatic heterocycles. The quantitative estimate of drug-likeness (QED) is 0.442. The smallest absolute Gasteiger partial charge is 0.337 e. The highest BCUT2D eigenvalue weighted by atomic mass is 16.5. The number of ether oxygens (including phenoxy) is 1. The normalized spacial score (nSPS) is 11.9. The molecule has 0 atom stereocenters. The van der Waals surface area contributed by atoms with Gasteiger partial charge in [0, 0.05) is 21.9 Å². The minimum atomic E-state index is -0.324. The van der Waals surface area contributed by atoms with E-state index in [1.165, 1.54) is 12.7 Å². The summed E-state index contributed by atoms with van der Waals surface area (Å²) in [5.41, 5.74) is 6.11. The molecule has 0 aliphatic rings. The monoisotopic (exact) mass is 357 g/mol. The zero-order valence-electron chi connectivity index (χ0n) is 16.1. The van der Waals surface area contributed by atoms with Gasteiger partial charge in [-0.05, 0) is 34.7 Å². The SMILES string of the molecule is COC(=O)c1cc(-c2ccc(C(C)(C)C)cc2)c2[nH]c3ccccc3c2c1. The lowest BCUT2D eigenvalue weighted by molar-refractivity contribution is 0.0601. The Kier molecular flexibility index (Phi) is 4.03. The number of hydrogen-bond donors (Lipinski definition) is 1. The van der Waals surface area contributed by atoms with Crippen LogP contribution in [0, 0.1) is 0 Å². The second kappa shape index (κ2) is 6.27. The Balaban J connectivity index is 1.99. The van der Waals surface area contributed by atoms with E-state index in [2.05, 4.69) is 62.2 Å². The second-order valence-electron chi connectivity index (χ2n) is 7.94. The Hall–Kier alpha value is -3.07. The number of H-pyrrole nitrogens is 1. The van der Waals surface area contributed by atoms with Crippen molar-refractivity contribution in [2.24, 2.45) is 0 Å². The van der Waals surface area contributed by atoms with Crippen LogP contribution in [0.1, 0.15) is 36.7 Å². The number of carbonyl (C=O) groups is 1. The van der Waals surface area contributed by atoms with Crippen LogP contribution >= 0.6 is 0 Å². The first-order chi connectivity index (χ1) is 12.9. The molecule has 0 saturated heterocycles. The minimum Gasteiger partial charge on any atom is -0.465 e. The predicted molar refractivity (Wildman–Crippen MR) is 111 cm³/mol. The summed E-state index contributed by atoms with van der Waals surface area (Å²) in [6, 6.07) is 20.5. The number of carbonyl (C=O) groups excluding carboxylic acids is 1. The number of nitrogens with one attached hydrogen (secondary N) is 1. The Morgan fingerprint density at radius 2 is 1.63 bits per heavy atom. The van der Waals surface area contributed by atoms with Gasteiger partial charge in [-0.15, -0.1) is 0 Å². The lowest BCUT2D eigenvalue weighted by Gasteiger charge is -2.19. The van der Waals surface area contributed by atoms with E-state index >= 15 is 0 Å². The fraction of sp³-hybridized carbons (Fsp3) is 0.208. The number of esters is 1. The number of para-hydroxylation sites is 1. The molecule has 1 heterocycles. The van der Waals surface area contributed by atoms with Crippen LogP contribution in [0.4, 0.5) is 0 Å². The maximum atomic E-state index is 12.3. The van der Waals surface area contributed by atoms with Crippen molar-refractivity contribution in [3.05, 3.63) is 71.8 Å². The van der Waals surface area contributed by atoms with Crippen molar-refractivity contribution >= 4 is 27.8 Å². The minimum absolute atomic E-state index is 0.100. The van der Waals surface area contributed by atoms with Crippen molar-refractivity contribution < 1.29 is 9.53 Å². The van der Waals surface area contributed by atoms with E-state index in [1.807, 2.05) is 24.3 Å². The van der Waals surface area contributed by atoms with Crippen LogP contribution in [-0.4, -0.2) is 18.1 Å². The number of benzene rings is 3. The number of methoxy groups -OCH3 is 1. The molecular weight excluding hydrogens is 334 g/mol. The van der Waals surface area contributed by atoms with E-state index in [1.54, 1.807) is 0 Å². The first-order valence-corrected chi connectivity index (χ1v) is 9.12. The molecule has 1 N–H and O–H groups in total. The summed E-state index contributed by atoms with van der Waals surface area (Å²) in [4.78, 5) is 15.8. The highest BCUT2D eigenvalue weighted by molar-refractivity contribution is 6.14. The van der Waals surface area contributed by atoms with Gasteiger partial charge in [-0.3, -0.25) is 0 Å². The predicted octanol–water partition coefficient (Wildman–Crippen LogP) is 6.07. The highest BCUT2D eigenvalue weighted by Gasteiger charge is 2.17. The summed E-state index contributed by atoms with van der Waals surface area (Å²) in [7, 11) is 1.42. The number of aromatic nitrogens is 1. The molecule has 0 aliphatic heterocycles. The van der Waals surface area contributed by atoms with Gasteiger partial charge in [0.25, 0.3) is 0 Å². The van der Waals surface area contributed by atoms with E-state index in [9.17, 15) is 4.79 Å². The van der Waals surface area contributed by atoms with E-state index in [0.717, 1.165) is 32.9 Å². The summed E-state index contributed by atoms with van der Waals surface area (Å²) in [6.45, 7) is 6.61. The van der Waals surface area contributed by atoms with Crippen LogP contribution in [0.25, 0.3) is 32.9 Å². The lowest BCUT2D eigenvalue weighted by Crippen LogP contribution is -2.10. The topological polar surface area (TPSA) is 42.1 Å². The third kappa shape index (κ3) is 2.99.